The third-order valence-corrected chi connectivity index (χ3v) is 4.48. The zero-order valence-corrected chi connectivity index (χ0v) is 14.4. The first-order valence-electron chi connectivity index (χ1n) is 8.10. The highest BCUT2D eigenvalue weighted by atomic mass is 16.5. The van der Waals surface area contributed by atoms with Gasteiger partial charge >= 0.3 is 0 Å². The fourth-order valence-corrected chi connectivity index (χ4v) is 3.20. The van der Waals surface area contributed by atoms with Gasteiger partial charge in [-0.3, -0.25) is 4.79 Å². The molecule has 0 bridgehead atoms. The molecule has 0 saturated heterocycles. The van der Waals surface area contributed by atoms with E-state index in [2.05, 4.69) is 0 Å². The summed E-state index contributed by atoms with van der Waals surface area (Å²) in [6.45, 7) is 0. The molecule has 0 unspecified atom stereocenters. The predicted molar refractivity (Wildman–Crippen MR) is 103 cm³/mol. The lowest BCUT2D eigenvalue weighted by molar-refractivity contribution is 0.355. The highest BCUT2D eigenvalue weighted by Gasteiger charge is 2.17. The summed E-state index contributed by atoms with van der Waals surface area (Å²) in [6, 6.07) is 16.6. The molecule has 0 radical (unpaired) electrons. The first-order valence-corrected chi connectivity index (χ1v) is 8.10. The van der Waals surface area contributed by atoms with Crippen molar-refractivity contribution in [3.63, 3.8) is 0 Å². The Hall–Kier alpha value is -3.47. The van der Waals surface area contributed by atoms with Crippen LogP contribution in [0.2, 0.25) is 0 Å². The zero-order chi connectivity index (χ0) is 18.3. The van der Waals surface area contributed by atoms with Crippen LogP contribution >= 0.6 is 0 Å². The van der Waals surface area contributed by atoms with Gasteiger partial charge in [0.1, 0.15) is 5.58 Å². The van der Waals surface area contributed by atoms with Crippen molar-refractivity contribution in [2.75, 3.05) is 20.0 Å². The van der Waals surface area contributed by atoms with E-state index < -0.39 is 0 Å². The summed E-state index contributed by atoms with van der Waals surface area (Å²) in [5, 5.41) is 2.33. The average molecular weight is 347 g/mol. The number of methoxy groups -OCH3 is 2. The molecule has 0 aliphatic rings. The van der Waals surface area contributed by atoms with Crippen LogP contribution in [0.5, 0.6) is 11.5 Å². The monoisotopic (exact) mass is 347 g/mol. The van der Waals surface area contributed by atoms with Crippen molar-refractivity contribution in [1.82, 2.24) is 0 Å². The molecule has 0 saturated carbocycles. The molecular weight excluding hydrogens is 330 g/mol. The van der Waals surface area contributed by atoms with Gasteiger partial charge in [0, 0.05) is 5.39 Å². The third-order valence-electron chi connectivity index (χ3n) is 4.48. The highest BCUT2D eigenvalue weighted by molar-refractivity contribution is 6.05. The summed E-state index contributed by atoms with van der Waals surface area (Å²) in [6.07, 6.45) is 0. The Bertz CT molecular complexity index is 1190. The van der Waals surface area contributed by atoms with E-state index in [1.54, 1.807) is 38.5 Å². The minimum absolute atomic E-state index is 0.0751. The van der Waals surface area contributed by atoms with E-state index in [9.17, 15) is 4.79 Å². The molecule has 1 aromatic heterocycles. The third kappa shape index (κ3) is 2.37. The Kier molecular flexibility index (Phi) is 3.77. The van der Waals surface area contributed by atoms with E-state index in [0.717, 1.165) is 10.8 Å². The molecule has 4 rings (SSSR count). The zero-order valence-electron chi connectivity index (χ0n) is 14.4. The number of benzene rings is 3. The summed E-state index contributed by atoms with van der Waals surface area (Å²) < 4.78 is 16.5. The van der Waals surface area contributed by atoms with Crippen LogP contribution in [0, 0.1) is 0 Å². The van der Waals surface area contributed by atoms with Gasteiger partial charge in [-0.25, -0.2) is 0 Å². The van der Waals surface area contributed by atoms with Gasteiger partial charge in [-0.05, 0) is 29.1 Å². The van der Waals surface area contributed by atoms with Crippen molar-refractivity contribution in [3.05, 3.63) is 64.8 Å². The molecule has 0 fully saturated rings. The fraction of sp³-hybridized carbons (Fsp3) is 0.0952. The summed E-state index contributed by atoms with van der Waals surface area (Å²) >= 11 is 0. The number of rotatable bonds is 3. The Morgan fingerprint density at radius 2 is 1.65 bits per heavy atom. The highest BCUT2D eigenvalue weighted by Crippen LogP contribution is 2.35. The molecule has 0 amide bonds. The smallest absolute Gasteiger partial charge is 0.202 e. The molecule has 5 heteroatoms. The average Bonchev–Trinajstić information content (AvgIpc) is 2.67. The normalized spacial score (nSPS) is 11.0. The second-order valence-electron chi connectivity index (χ2n) is 5.90. The maximum Gasteiger partial charge on any atom is 0.202 e. The molecular formula is C21H17NO4. The van der Waals surface area contributed by atoms with Gasteiger partial charge in [-0.2, -0.15) is 0 Å². The van der Waals surface area contributed by atoms with Crippen LogP contribution in [0.3, 0.4) is 0 Å². The van der Waals surface area contributed by atoms with Gasteiger partial charge in [-0.1, -0.05) is 36.4 Å². The van der Waals surface area contributed by atoms with Gasteiger partial charge in [0.25, 0.3) is 0 Å². The van der Waals surface area contributed by atoms with E-state index in [1.807, 2.05) is 30.3 Å². The quantitative estimate of drug-likeness (QED) is 0.562. The maximum absolute atomic E-state index is 13.1. The van der Waals surface area contributed by atoms with E-state index in [4.69, 9.17) is 19.6 Å². The Labute approximate surface area is 149 Å². The van der Waals surface area contributed by atoms with Crippen molar-refractivity contribution in [2.24, 2.45) is 0 Å². The molecule has 2 N–H and O–H groups in total. The molecule has 0 aliphatic heterocycles. The Morgan fingerprint density at radius 1 is 0.885 bits per heavy atom. The van der Waals surface area contributed by atoms with Crippen molar-refractivity contribution >= 4 is 27.6 Å². The molecule has 5 nitrogen and oxygen atoms in total. The summed E-state index contributed by atoms with van der Waals surface area (Å²) in [7, 11) is 3.10. The number of hydrogen-bond donors (Lipinski definition) is 1. The van der Waals surface area contributed by atoms with Crippen LogP contribution in [0.25, 0.3) is 32.9 Å². The SMILES string of the molecule is COc1ccc(-c2c(N)oc3c(ccc4ccccc43)c2=O)cc1OC. The first-order chi connectivity index (χ1) is 12.6. The fourth-order valence-electron chi connectivity index (χ4n) is 3.20. The minimum atomic E-state index is -0.179. The second-order valence-corrected chi connectivity index (χ2v) is 5.90. The van der Waals surface area contributed by atoms with Crippen molar-refractivity contribution < 1.29 is 13.9 Å². The lowest BCUT2D eigenvalue weighted by Crippen LogP contribution is -2.09. The van der Waals surface area contributed by atoms with E-state index in [0.29, 0.717) is 33.6 Å². The molecule has 3 aromatic carbocycles. The first kappa shape index (κ1) is 16.0. The lowest BCUT2D eigenvalue weighted by atomic mass is 10.0. The van der Waals surface area contributed by atoms with Gasteiger partial charge < -0.3 is 19.6 Å². The van der Waals surface area contributed by atoms with Gasteiger partial charge in [0.05, 0.1) is 25.2 Å². The van der Waals surface area contributed by atoms with E-state index in [-0.39, 0.29) is 11.3 Å². The molecule has 4 aromatic rings. The van der Waals surface area contributed by atoms with Crippen LogP contribution in [0.15, 0.2) is 63.8 Å². The number of nitrogens with two attached hydrogens (primary N) is 1. The maximum atomic E-state index is 13.1. The van der Waals surface area contributed by atoms with Crippen LogP contribution in [-0.2, 0) is 0 Å². The van der Waals surface area contributed by atoms with Crippen LogP contribution < -0.4 is 20.6 Å². The molecule has 26 heavy (non-hydrogen) atoms. The molecule has 1 heterocycles. The van der Waals surface area contributed by atoms with Crippen molar-refractivity contribution in [1.29, 1.82) is 0 Å². The largest absolute Gasteiger partial charge is 0.493 e. The molecule has 0 atom stereocenters. The molecule has 0 aliphatic carbocycles. The van der Waals surface area contributed by atoms with Crippen LogP contribution in [0.4, 0.5) is 5.88 Å². The standard InChI is InChI=1S/C21H17NO4/c1-24-16-10-8-13(11-17(16)25-2)18-19(23)15-9-7-12-5-3-4-6-14(12)20(15)26-21(18)22/h3-11H,22H2,1-2H3. The number of hydrogen-bond acceptors (Lipinski definition) is 5. The predicted octanol–water partition coefficient (Wildman–Crippen LogP) is 4.21. The Balaban J connectivity index is 2.03. The van der Waals surface area contributed by atoms with Gasteiger partial charge in [0.15, 0.2) is 11.5 Å². The number of ether oxygens (including phenoxy) is 2. The van der Waals surface area contributed by atoms with Crippen LogP contribution in [0.1, 0.15) is 0 Å². The molecule has 130 valence electrons. The second kappa shape index (κ2) is 6.11. The van der Waals surface area contributed by atoms with Crippen LogP contribution in [-0.4, -0.2) is 14.2 Å². The van der Waals surface area contributed by atoms with Gasteiger partial charge in [-0.15, -0.1) is 0 Å². The number of fused-ring (bicyclic) bond motifs is 3. The van der Waals surface area contributed by atoms with Crippen molar-refractivity contribution in [2.45, 2.75) is 0 Å². The van der Waals surface area contributed by atoms with E-state index >= 15 is 0 Å². The summed E-state index contributed by atoms with van der Waals surface area (Å²) in [5.41, 5.74) is 7.38. The number of anilines is 1. The summed E-state index contributed by atoms with van der Waals surface area (Å²) in [4.78, 5) is 13.1. The van der Waals surface area contributed by atoms with Gasteiger partial charge in [0.2, 0.25) is 11.3 Å². The number of nitrogen functional groups attached to an aromatic ring is 1. The minimum Gasteiger partial charge on any atom is -0.493 e. The van der Waals surface area contributed by atoms with E-state index in [1.165, 1.54) is 0 Å². The molecule has 0 spiro atoms. The topological polar surface area (TPSA) is 74.7 Å². The van der Waals surface area contributed by atoms with Crippen molar-refractivity contribution in [3.8, 4) is 22.6 Å². The summed E-state index contributed by atoms with van der Waals surface area (Å²) in [5.74, 6) is 1.17. The Morgan fingerprint density at radius 3 is 2.42 bits per heavy atom. The lowest BCUT2D eigenvalue weighted by Gasteiger charge is -2.11.